The highest BCUT2D eigenvalue weighted by Gasteiger charge is 2.18. The monoisotopic (exact) mass is 300 g/mol. The van der Waals surface area contributed by atoms with E-state index in [4.69, 9.17) is 17.3 Å². The van der Waals surface area contributed by atoms with Gasteiger partial charge in [0.25, 0.3) is 0 Å². The number of imidazole rings is 1. The molecule has 6 nitrogen and oxygen atoms in total. The van der Waals surface area contributed by atoms with Crippen LogP contribution >= 0.6 is 11.6 Å². The van der Waals surface area contributed by atoms with Crippen molar-refractivity contribution >= 4 is 27.3 Å². The van der Waals surface area contributed by atoms with Gasteiger partial charge in [-0.15, -0.1) is 0 Å². The number of aryl methyl sites for hydroxylation is 1. The molecule has 0 aliphatic carbocycles. The number of hydrogen-bond donors (Lipinski definition) is 2. The number of halogens is 1. The van der Waals surface area contributed by atoms with Crippen molar-refractivity contribution in [2.45, 2.75) is 11.4 Å². The van der Waals surface area contributed by atoms with E-state index in [1.807, 2.05) is 0 Å². The first kappa shape index (κ1) is 13.9. The second-order valence-electron chi connectivity index (χ2n) is 3.96. The third-order valence-corrected chi connectivity index (χ3v) is 4.30. The van der Waals surface area contributed by atoms with Crippen molar-refractivity contribution in [3.05, 3.63) is 41.4 Å². The molecule has 1 aromatic heterocycles. The van der Waals surface area contributed by atoms with Crippen LogP contribution in [0.3, 0.4) is 0 Å². The molecule has 2 aromatic rings. The molecule has 8 heteroatoms. The summed E-state index contributed by atoms with van der Waals surface area (Å²) >= 11 is 5.78. The first-order chi connectivity index (χ1) is 8.90. The first-order valence-corrected chi connectivity index (χ1v) is 7.27. The van der Waals surface area contributed by atoms with Crippen LogP contribution in [0.15, 0.2) is 35.5 Å². The maximum absolute atomic E-state index is 12.1. The Morgan fingerprint density at radius 2 is 2.21 bits per heavy atom. The zero-order chi connectivity index (χ0) is 14.0. The van der Waals surface area contributed by atoms with Gasteiger partial charge in [0.15, 0.2) is 0 Å². The molecule has 0 fully saturated rings. The Morgan fingerprint density at radius 3 is 2.84 bits per heavy atom. The van der Waals surface area contributed by atoms with Crippen LogP contribution in [-0.4, -0.2) is 18.0 Å². The number of nitrogens with two attached hydrogens (primary N) is 1. The van der Waals surface area contributed by atoms with Crippen molar-refractivity contribution < 1.29 is 8.42 Å². The molecule has 1 aromatic carbocycles. The number of anilines is 1. The minimum atomic E-state index is -3.72. The molecular formula is C11H13ClN4O2S. The van der Waals surface area contributed by atoms with E-state index in [9.17, 15) is 8.42 Å². The molecule has 0 aliphatic heterocycles. The second-order valence-corrected chi connectivity index (χ2v) is 6.13. The van der Waals surface area contributed by atoms with Crippen molar-refractivity contribution in [2.24, 2.45) is 7.05 Å². The van der Waals surface area contributed by atoms with Crippen LogP contribution < -0.4 is 10.5 Å². The number of rotatable bonds is 4. The van der Waals surface area contributed by atoms with E-state index < -0.39 is 10.0 Å². The number of sulfonamides is 1. The molecule has 0 saturated heterocycles. The predicted molar refractivity (Wildman–Crippen MR) is 73.1 cm³/mol. The standard InChI is InChI=1S/C11H13ClN4O2S/c1-16-5-4-14-11(16)7-15-19(17,18)10-6-8(12)2-3-9(10)13/h2-6,15H,7,13H2,1H3. The number of nitrogens with zero attached hydrogens (tertiary/aromatic N) is 2. The third kappa shape index (κ3) is 3.06. The summed E-state index contributed by atoms with van der Waals surface area (Å²) < 4.78 is 28.4. The number of hydrogen-bond acceptors (Lipinski definition) is 4. The van der Waals surface area contributed by atoms with Gasteiger partial charge in [0.05, 0.1) is 12.2 Å². The van der Waals surface area contributed by atoms with E-state index in [1.165, 1.54) is 18.2 Å². The summed E-state index contributed by atoms with van der Waals surface area (Å²) in [4.78, 5) is 4.00. The van der Waals surface area contributed by atoms with Crippen molar-refractivity contribution in [1.29, 1.82) is 0 Å². The highest BCUT2D eigenvalue weighted by molar-refractivity contribution is 7.89. The summed E-state index contributed by atoms with van der Waals surface area (Å²) in [5.41, 5.74) is 5.81. The normalized spacial score (nSPS) is 11.7. The molecule has 2 rings (SSSR count). The fraction of sp³-hybridized carbons (Fsp3) is 0.182. The number of nitrogens with one attached hydrogen (secondary N) is 1. The van der Waals surface area contributed by atoms with Crippen LogP contribution in [0.1, 0.15) is 5.82 Å². The maximum Gasteiger partial charge on any atom is 0.243 e. The lowest BCUT2D eigenvalue weighted by molar-refractivity contribution is 0.578. The van der Waals surface area contributed by atoms with E-state index >= 15 is 0 Å². The fourth-order valence-corrected chi connectivity index (χ4v) is 2.92. The lowest BCUT2D eigenvalue weighted by atomic mass is 10.3. The molecule has 0 bridgehead atoms. The fourth-order valence-electron chi connectivity index (χ4n) is 1.55. The summed E-state index contributed by atoms with van der Waals surface area (Å²) in [6, 6.07) is 4.31. The molecule has 19 heavy (non-hydrogen) atoms. The highest BCUT2D eigenvalue weighted by atomic mass is 35.5. The quantitative estimate of drug-likeness (QED) is 0.828. The van der Waals surface area contributed by atoms with Crippen LogP contribution in [0.2, 0.25) is 5.02 Å². The molecule has 1 heterocycles. The summed E-state index contributed by atoms with van der Waals surface area (Å²) in [5.74, 6) is 0.601. The molecule has 0 radical (unpaired) electrons. The Kier molecular flexibility index (Phi) is 3.79. The zero-order valence-electron chi connectivity index (χ0n) is 10.2. The van der Waals surface area contributed by atoms with Crippen LogP contribution in [-0.2, 0) is 23.6 Å². The molecule has 0 unspecified atom stereocenters. The Morgan fingerprint density at radius 1 is 1.47 bits per heavy atom. The van der Waals surface area contributed by atoms with Gasteiger partial charge in [-0.3, -0.25) is 0 Å². The molecular weight excluding hydrogens is 288 g/mol. The van der Waals surface area contributed by atoms with Crippen molar-refractivity contribution in [2.75, 3.05) is 5.73 Å². The molecule has 0 spiro atoms. The van der Waals surface area contributed by atoms with Crippen LogP contribution in [0.25, 0.3) is 0 Å². The van der Waals surface area contributed by atoms with E-state index in [0.29, 0.717) is 10.8 Å². The third-order valence-electron chi connectivity index (χ3n) is 2.61. The van der Waals surface area contributed by atoms with E-state index in [-0.39, 0.29) is 17.1 Å². The highest BCUT2D eigenvalue weighted by Crippen LogP contribution is 2.22. The number of nitrogen functional groups attached to an aromatic ring is 1. The Labute approximate surface area is 116 Å². The topological polar surface area (TPSA) is 90.0 Å². The molecule has 0 aliphatic rings. The van der Waals surface area contributed by atoms with Gasteiger partial charge in [0, 0.05) is 24.5 Å². The Bertz CT molecular complexity index is 696. The summed E-state index contributed by atoms with van der Waals surface area (Å²) in [6.45, 7) is 0.0811. The van der Waals surface area contributed by atoms with Crippen molar-refractivity contribution in [3.63, 3.8) is 0 Å². The van der Waals surface area contributed by atoms with E-state index in [2.05, 4.69) is 9.71 Å². The van der Waals surface area contributed by atoms with Gasteiger partial charge in [-0.05, 0) is 18.2 Å². The van der Waals surface area contributed by atoms with Gasteiger partial charge in [-0.2, -0.15) is 0 Å². The lowest BCUT2D eigenvalue weighted by Crippen LogP contribution is -2.25. The summed E-state index contributed by atoms with van der Waals surface area (Å²) in [5, 5.41) is 0.312. The molecule has 0 amide bonds. The maximum atomic E-state index is 12.1. The minimum Gasteiger partial charge on any atom is -0.398 e. The first-order valence-electron chi connectivity index (χ1n) is 5.41. The molecule has 102 valence electrons. The largest absolute Gasteiger partial charge is 0.398 e. The van der Waals surface area contributed by atoms with Crippen LogP contribution in [0, 0.1) is 0 Å². The smallest absolute Gasteiger partial charge is 0.243 e. The summed E-state index contributed by atoms with van der Waals surface area (Å²) in [6.07, 6.45) is 3.33. The zero-order valence-corrected chi connectivity index (χ0v) is 11.7. The summed E-state index contributed by atoms with van der Waals surface area (Å²) in [7, 11) is -1.94. The van der Waals surface area contributed by atoms with Crippen molar-refractivity contribution in [3.8, 4) is 0 Å². The van der Waals surface area contributed by atoms with Gasteiger partial charge < -0.3 is 10.3 Å². The van der Waals surface area contributed by atoms with E-state index in [0.717, 1.165) is 0 Å². The Hall–Kier alpha value is -1.57. The van der Waals surface area contributed by atoms with Crippen LogP contribution in [0.5, 0.6) is 0 Å². The molecule has 0 saturated carbocycles. The second kappa shape index (κ2) is 5.20. The molecule has 3 N–H and O–H groups in total. The Balaban J connectivity index is 2.23. The van der Waals surface area contributed by atoms with Gasteiger partial charge >= 0.3 is 0 Å². The minimum absolute atomic E-state index is 0.0331. The SMILES string of the molecule is Cn1ccnc1CNS(=O)(=O)c1cc(Cl)ccc1N. The van der Waals surface area contributed by atoms with Gasteiger partial charge in [-0.25, -0.2) is 18.1 Å². The van der Waals surface area contributed by atoms with Crippen LogP contribution in [0.4, 0.5) is 5.69 Å². The van der Waals surface area contributed by atoms with Gasteiger partial charge in [0.2, 0.25) is 10.0 Å². The van der Waals surface area contributed by atoms with Gasteiger partial charge in [0.1, 0.15) is 10.7 Å². The lowest BCUT2D eigenvalue weighted by Gasteiger charge is -2.09. The average molecular weight is 301 g/mol. The van der Waals surface area contributed by atoms with E-state index in [1.54, 1.807) is 24.0 Å². The van der Waals surface area contributed by atoms with Gasteiger partial charge in [-0.1, -0.05) is 11.6 Å². The average Bonchev–Trinajstić information content (AvgIpc) is 2.75. The predicted octanol–water partition coefficient (Wildman–Crippen LogP) is 1.13. The molecule has 0 atom stereocenters. The number of benzene rings is 1. The number of aromatic nitrogens is 2. The van der Waals surface area contributed by atoms with Crippen molar-refractivity contribution in [1.82, 2.24) is 14.3 Å².